The molecule has 8 saturated carbocycles. The molecular formula is C40H72O4Ti. The van der Waals surface area contributed by atoms with E-state index in [0.29, 0.717) is 21.7 Å². The summed E-state index contributed by atoms with van der Waals surface area (Å²) < 4.78 is 0. The SMILES string of the molecule is CC1(C)C2CCC1(C)C(O)C2.CC1(C)C2CCC1(C)C(O)C2.CC1(C)C2CCC1(C)C(O)C2.CC1(C)C2CCC1(C)C(O)C2.[Ti]. The predicted molar refractivity (Wildman–Crippen MR) is 181 cm³/mol. The third kappa shape index (κ3) is 5.20. The molecule has 4 N–H and O–H groups in total. The Morgan fingerprint density at radius 3 is 0.533 bits per heavy atom. The second-order valence-corrected chi connectivity index (χ2v) is 20.5. The molecule has 0 aliphatic heterocycles. The molecule has 45 heavy (non-hydrogen) atoms. The Kier molecular flexibility index (Phi) is 10.1. The molecule has 0 heterocycles. The van der Waals surface area contributed by atoms with Crippen LogP contribution in [0.2, 0.25) is 0 Å². The molecule has 0 saturated heterocycles. The smallest absolute Gasteiger partial charge is 0.0601 e. The molecule has 0 amide bonds. The van der Waals surface area contributed by atoms with Gasteiger partial charge >= 0.3 is 0 Å². The molecule has 0 aromatic rings. The molecule has 8 rings (SSSR count). The van der Waals surface area contributed by atoms with E-state index in [1.54, 1.807) is 0 Å². The molecule has 8 fully saturated rings. The quantitative estimate of drug-likeness (QED) is 0.195. The Morgan fingerprint density at radius 2 is 0.489 bits per heavy atom. The number of hydrogen-bond acceptors (Lipinski definition) is 4. The first-order valence-corrected chi connectivity index (χ1v) is 18.7. The maximum absolute atomic E-state index is 9.81. The Labute approximate surface area is 292 Å². The molecule has 0 aromatic heterocycles. The van der Waals surface area contributed by atoms with Gasteiger partial charge in [-0.1, -0.05) is 83.1 Å². The van der Waals surface area contributed by atoms with E-state index in [4.69, 9.17) is 0 Å². The van der Waals surface area contributed by atoms with Crippen molar-refractivity contribution in [3.8, 4) is 0 Å². The van der Waals surface area contributed by atoms with Gasteiger partial charge in [-0.25, -0.2) is 0 Å². The Hall–Kier alpha value is 0.554. The van der Waals surface area contributed by atoms with E-state index >= 15 is 0 Å². The predicted octanol–water partition coefficient (Wildman–Crippen LogP) is 8.77. The largest absolute Gasteiger partial charge is 0.393 e. The van der Waals surface area contributed by atoms with Crippen LogP contribution in [0.15, 0.2) is 0 Å². The van der Waals surface area contributed by atoms with Crippen LogP contribution >= 0.6 is 0 Å². The van der Waals surface area contributed by atoms with Crippen molar-refractivity contribution >= 4 is 0 Å². The standard InChI is InChI=1S/4C10H18O.Ti/c4*1-9(2)7-4-5-10(9,3)8(11)6-7;/h4*7-8,11H,4-6H2,1-3H3;. The van der Waals surface area contributed by atoms with Crippen molar-refractivity contribution in [1.29, 1.82) is 0 Å². The maximum atomic E-state index is 9.81. The summed E-state index contributed by atoms with van der Waals surface area (Å²) in [6, 6.07) is 0. The summed E-state index contributed by atoms with van der Waals surface area (Å²) in [5, 5.41) is 39.3. The topological polar surface area (TPSA) is 80.9 Å². The summed E-state index contributed by atoms with van der Waals surface area (Å²) >= 11 is 0. The van der Waals surface area contributed by atoms with Crippen molar-refractivity contribution in [3.63, 3.8) is 0 Å². The van der Waals surface area contributed by atoms with Crippen molar-refractivity contribution in [1.82, 2.24) is 0 Å². The van der Waals surface area contributed by atoms with Gasteiger partial charge in [-0.3, -0.25) is 0 Å². The summed E-state index contributed by atoms with van der Waals surface area (Å²) in [4.78, 5) is 0. The molecule has 8 aliphatic rings. The number of aliphatic hydroxyl groups is 4. The van der Waals surface area contributed by atoms with E-state index in [2.05, 4.69) is 83.1 Å². The van der Waals surface area contributed by atoms with Gasteiger partial charge in [0.15, 0.2) is 0 Å². The molecule has 12 atom stereocenters. The first kappa shape index (κ1) is 38.4. The average molecular weight is 665 g/mol. The van der Waals surface area contributed by atoms with Gasteiger partial charge in [-0.2, -0.15) is 0 Å². The van der Waals surface area contributed by atoms with Crippen LogP contribution in [0.25, 0.3) is 0 Å². The molecule has 8 bridgehead atoms. The maximum Gasteiger partial charge on any atom is 0.0601 e. The van der Waals surface area contributed by atoms with Crippen molar-refractivity contribution < 1.29 is 42.1 Å². The van der Waals surface area contributed by atoms with E-state index in [-0.39, 0.29) is 67.8 Å². The van der Waals surface area contributed by atoms with E-state index in [9.17, 15) is 20.4 Å². The summed E-state index contributed by atoms with van der Waals surface area (Å²) in [5.74, 6) is 3.12. The van der Waals surface area contributed by atoms with Crippen LogP contribution in [0, 0.1) is 67.0 Å². The molecular weight excluding hydrogens is 592 g/mol. The summed E-state index contributed by atoms with van der Waals surface area (Å²) in [5.41, 5.74) is 2.41. The summed E-state index contributed by atoms with van der Waals surface area (Å²) in [7, 11) is 0. The molecule has 4 nitrogen and oxygen atoms in total. The average Bonchev–Trinajstić information content (AvgIpc) is 3.65. The number of hydrogen-bond donors (Lipinski definition) is 4. The Morgan fingerprint density at radius 1 is 0.333 bits per heavy atom. The molecule has 5 heteroatoms. The zero-order valence-electron chi connectivity index (χ0n) is 31.4. The van der Waals surface area contributed by atoms with Crippen LogP contribution in [-0.2, 0) is 21.7 Å². The second kappa shape index (κ2) is 11.8. The number of rotatable bonds is 0. The second-order valence-electron chi connectivity index (χ2n) is 20.5. The van der Waals surface area contributed by atoms with E-state index < -0.39 is 0 Å². The minimum atomic E-state index is -0.0313. The van der Waals surface area contributed by atoms with Gasteiger partial charge in [0, 0.05) is 21.7 Å². The third-order valence-electron chi connectivity index (χ3n) is 19.0. The van der Waals surface area contributed by atoms with Crippen molar-refractivity contribution in [2.45, 2.75) is 185 Å². The van der Waals surface area contributed by atoms with Crippen LogP contribution in [-0.4, -0.2) is 44.8 Å². The summed E-state index contributed by atoms with van der Waals surface area (Å²) in [6.07, 6.45) is 14.3. The van der Waals surface area contributed by atoms with Gasteiger partial charge in [0.25, 0.3) is 0 Å². The fourth-order valence-corrected chi connectivity index (χ4v) is 12.6. The monoisotopic (exact) mass is 664 g/mol. The van der Waals surface area contributed by atoms with E-state index in [1.807, 2.05) is 0 Å². The van der Waals surface area contributed by atoms with Crippen LogP contribution in [0.5, 0.6) is 0 Å². The van der Waals surface area contributed by atoms with Gasteiger partial charge in [0.05, 0.1) is 24.4 Å². The minimum Gasteiger partial charge on any atom is -0.393 e. The van der Waals surface area contributed by atoms with Crippen LogP contribution in [0.1, 0.15) is 160 Å². The van der Waals surface area contributed by atoms with Gasteiger partial charge < -0.3 is 20.4 Å². The van der Waals surface area contributed by atoms with Gasteiger partial charge in [-0.15, -0.1) is 0 Å². The zero-order valence-corrected chi connectivity index (χ0v) is 33.0. The van der Waals surface area contributed by atoms with Crippen LogP contribution in [0.3, 0.4) is 0 Å². The number of aliphatic hydroxyl groups excluding tert-OH is 4. The molecule has 12 unspecified atom stereocenters. The van der Waals surface area contributed by atoms with Crippen LogP contribution < -0.4 is 0 Å². The molecule has 260 valence electrons. The summed E-state index contributed by atoms with van der Waals surface area (Å²) in [6.45, 7) is 27.6. The third-order valence-corrected chi connectivity index (χ3v) is 19.0. The van der Waals surface area contributed by atoms with Crippen molar-refractivity contribution in [2.24, 2.45) is 67.0 Å². The van der Waals surface area contributed by atoms with E-state index in [0.717, 1.165) is 49.4 Å². The van der Waals surface area contributed by atoms with Gasteiger partial charge in [-0.05, 0) is 144 Å². The van der Waals surface area contributed by atoms with Crippen molar-refractivity contribution in [3.05, 3.63) is 0 Å². The fraction of sp³-hybridized carbons (Fsp3) is 1.00. The first-order valence-electron chi connectivity index (χ1n) is 18.7. The number of fused-ring (bicyclic) bond motifs is 8. The normalized spacial score (nSPS) is 52.3. The van der Waals surface area contributed by atoms with Gasteiger partial charge in [0.1, 0.15) is 0 Å². The Bertz CT molecular complexity index is 916. The minimum absolute atomic E-state index is 0. The molecule has 0 radical (unpaired) electrons. The molecule has 0 aromatic carbocycles. The van der Waals surface area contributed by atoms with Gasteiger partial charge in [0.2, 0.25) is 0 Å². The van der Waals surface area contributed by atoms with Crippen LogP contribution in [0.4, 0.5) is 0 Å². The molecule has 0 spiro atoms. The fourth-order valence-electron chi connectivity index (χ4n) is 12.6. The Balaban J connectivity index is 0.000000136. The van der Waals surface area contributed by atoms with E-state index in [1.165, 1.54) is 51.4 Å². The van der Waals surface area contributed by atoms with Crippen molar-refractivity contribution in [2.75, 3.05) is 0 Å². The first-order chi connectivity index (χ1) is 19.9. The zero-order chi connectivity index (χ0) is 33.1. The molecule has 8 aliphatic carbocycles.